The van der Waals surface area contributed by atoms with Gasteiger partial charge in [0.05, 0.1) is 5.39 Å². The van der Waals surface area contributed by atoms with Gasteiger partial charge in [0.15, 0.2) is 5.58 Å². The molecule has 3 rings (SSSR count). The fourth-order valence-electron chi connectivity index (χ4n) is 2.47. The van der Waals surface area contributed by atoms with Gasteiger partial charge >= 0.3 is 5.63 Å². The van der Waals surface area contributed by atoms with Crippen molar-refractivity contribution in [3.05, 3.63) is 50.8 Å². The maximum absolute atomic E-state index is 12.1. The summed E-state index contributed by atoms with van der Waals surface area (Å²) in [6, 6.07) is 7.19. The first-order valence-electron chi connectivity index (χ1n) is 5.85. The summed E-state index contributed by atoms with van der Waals surface area (Å²) in [6.45, 7) is 3.71. The van der Waals surface area contributed by atoms with E-state index in [0.717, 1.165) is 21.9 Å². The Hall–Kier alpha value is -2.00. The van der Waals surface area contributed by atoms with Gasteiger partial charge in [-0.2, -0.15) is 0 Å². The summed E-state index contributed by atoms with van der Waals surface area (Å²) in [5.41, 5.74) is 1.47. The number of hydrogen-bond donors (Lipinski definition) is 1. The third-order valence-corrected chi connectivity index (χ3v) is 3.71. The van der Waals surface area contributed by atoms with E-state index in [0.29, 0.717) is 5.39 Å². The van der Waals surface area contributed by atoms with E-state index in [4.69, 9.17) is 16.0 Å². The van der Waals surface area contributed by atoms with Crippen molar-refractivity contribution in [3.8, 4) is 5.75 Å². The van der Waals surface area contributed by atoms with Gasteiger partial charge in [-0.1, -0.05) is 29.8 Å². The van der Waals surface area contributed by atoms with Crippen molar-refractivity contribution in [3.63, 3.8) is 0 Å². The first-order chi connectivity index (χ1) is 9.00. The fraction of sp³-hybridized carbons (Fsp3) is 0.133. The van der Waals surface area contributed by atoms with Crippen molar-refractivity contribution in [2.75, 3.05) is 0 Å². The largest absolute Gasteiger partial charge is 0.506 e. The molecule has 0 aliphatic carbocycles. The number of hydrogen-bond acceptors (Lipinski definition) is 3. The third-order valence-electron chi connectivity index (χ3n) is 3.34. The van der Waals surface area contributed by atoms with Crippen LogP contribution >= 0.6 is 11.6 Å². The lowest BCUT2D eigenvalue weighted by Crippen LogP contribution is -2.02. The zero-order valence-electron chi connectivity index (χ0n) is 10.5. The molecule has 3 aromatic rings. The Morgan fingerprint density at radius 2 is 1.89 bits per heavy atom. The SMILES string of the molecule is Cc1cccc2c1c(=O)oc1c(Cl)c(O)cc(C)c12. The molecule has 0 saturated carbocycles. The van der Waals surface area contributed by atoms with Crippen LogP contribution in [0.25, 0.3) is 21.7 Å². The number of halogens is 1. The molecule has 4 heteroatoms. The predicted molar refractivity (Wildman–Crippen MR) is 76.1 cm³/mol. The maximum Gasteiger partial charge on any atom is 0.344 e. The molecule has 19 heavy (non-hydrogen) atoms. The molecule has 96 valence electrons. The molecule has 0 bridgehead atoms. The summed E-state index contributed by atoms with van der Waals surface area (Å²) >= 11 is 6.03. The quantitative estimate of drug-likeness (QED) is 0.499. The van der Waals surface area contributed by atoms with Crippen LogP contribution in [-0.2, 0) is 0 Å². The lowest BCUT2D eigenvalue weighted by Gasteiger charge is -2.09. The van der Waals surface area contributed by atoms with Gasteiger partial charge < -0.3 is 9.52 Å². The van der Waals surface area contributed by atoms with E-state index in [-0.39, 0.29) is 16.4 Å². The van der Waals surface area contributed by atoms with E-state index in [9.17, 15) is 9.90 Å². The zero-order valence-corrected chi connectivity index (χ0v) is 11.2. The number of aromatic hydroxyl groups is 1. The van der Waals surface area contributed by atoms with Gasteiger partial charge in [-0.15, -0.1) is 0 Å². The minimum absolute atomic E-state index is 0.0705. The highest BCUT2D eigenvalue weighted by molar-refractivity contribution is 6.37. The second kappa shape index (κ2) is 4.00. The van der Waals surface area contributed by atoms with Gasteiger partial charge in [0, 0.05) is 10.8 Å². The highest BCUT2D eigenvalue weighted by Gasteiger charge is 2.16. The lowest BCUT2D eigenvalue weighted by atomic mass is 10.0. The second-order valence-corrected chi connectivity index (χ2v) is 5.00. The molecule has 2 aromatic carbocycles. The standard InChI is InChI=1S/C15H11ClO3/c1-7-4-3-5-9-11-8(2)6-10(17)13(16)14(11)19-15(18)12(7)9/h3-6,17H,1-2H3. The van der Waals surface area contributed by atoms with E-state index in [2.05, 4.69) is 0 Å². The van der Waals surface area contributed by atoms with Crippen LogP contribution < -0.4 is 5.63 Å². The van der Waals surface area contributed by atoms with Crippen LogP contribution in [0.3, 0.4) is 0 Å². The molecular formula is C15H11ClO3. The van der Waals surface area contributed by atoms with Crippen LogP contribution in [0.4, 0.5) is 0 Å². The second-order valence-electron chi connectivity index (χ2n) is 4.62. The highest BCUT2D eigenvalue weighted by atomic mass is 35.5. The highest BCUT2D eigenvalue weighted by Crippen LogP contribution is 2.37. The zero-order chi connectivity index (χ0) is 13.7. The van der Waals surface area contributed by atoms with E-state index in [1.165, 1.54) is 0 Å². The topological polar surface area (TPSA) is 50.4 Å². The summed E-state index contributed by atoms with van der Waals surface area (Å²) in [6.07, 6.45) is 0. The number of aryl methyl sites for hydroxylation is 2. The molecule has 3 nitrogen and oxygen atoms in total. The van der Waals surface area contributed by atoms with Gasteiger partial charge in [-0.05, 0) is 31.0 Å². The van der Waals surface area contributed by atoms with Crippen LogP contribution in [0.5, 0.6) is 5.75 Å². The van der Waals surface area contributed by atoms with E-state index < -0.39 is 5.63 Å². The molecule has 0 radical (unpaired) electrons. The van der Waals surface area contributed by atoms with Crippen LogP contribution in [0.1, 0.15) is 11.1 Å². The monoisotopic (exact) mass is 274 g/mol. The first-order valence-corrected chi connectivity index (χ1v) is 6.22. The maximum atomic E-state index is 12.1. The average Bonchev–Trinajstić information content (AvgIpc) is 2.35. The van der Waals surface area contributed by atoms with Crippen LogP contribution in [0, 0.1) is 13.8 Å². The molecule has 0 unspecified atom stereocenters. The minimum Gasteiger partial charge on any atom is -0.506 e. The predicted octanol–water partition coefficient (Wildman–Crippen LogP) is 3.92. The average molecular weight is 275 g/mol. The number of benzene rings is 2. The normalized spacial score (nSPS) is 11.3. The lowest BCUT2D eigenvalue weighted by molar-refractivity contribution is 0.473. The van der Waals surface area contributed by atoms with Gasteiger partial charge in [-0.25, -0.2) is 4.79 Å². The summed E-state index contributed by atoms with van der Waals surface area (Å²) in [4.78, 5) is 12.1. The molecule has 0 aliphatic heterocycles. The van der Waals surface area contributed by atoms with E-state index in [1.54, 1.807) is 6.07 Å². The Bertz CT molecular complexity index is 878. The molecule has 0 saturated heterocycles. The summed E-state index contributed by atoms with van der Waals surface area (Å²) in [7, 11) is 0. The molecule has 0 amide bonds. The molecule has 0 fully saturated rings. The van der Waals surface area contributed by atoms with Gasteiger partial charge in [0.25, 0.3) is 0 Å². The summed E-state index contributed by atoms with van der Waals surface area (Å²) in [5.74, 6) is -0.0816. The van der Waals surface area contributed by atoms with Crippen LogP contribution in [0.2, 0.25) is 5.02 Å². The Morgan fingerprint density at radius 3 is 2.63 bits per heavy atom. The number of rotatable bonds is 0. The number of phenolic OH excluding ortho intramolecular Hbond substituents is 1. The van der Waals surface area contributed by atoms with Crippen molar-refractivity contribution in [2.24, 2.45) is 0 Å². The molecular weight excluding hydrogens is 264 g/mol. The van der Waals surface area contributed by atoms with Crippen molar-refractivity contribution >= 4 is 33.3 Å². The number of fused-ring (bicyclic) bond motifs is 3. The Kier molecular flexibility index (Phi) is 2.54. The van der Waals surface area contributed by atoms with Crippen LogP contribution in [-0.4, -0.2) is 5.11 Å². The van der Waals surface area contributed by atoms with Crippen molar-refractivity contribution in [2.45, 2.75) is 13.8 Å². The molecule has 0 atom stereocenters. The third kappa shape index (κ3) is 1.62. The minimum atomic E-state index is -0.437. The Labute approximate surface area is 114 Å². The molecule has 0 spiro atoms. The first kappa shape index (κ1) is 12.1. The molecule has 1 N–H and O–H groups in total. The Balaban J connectivity index is 2.73. The summed E-state index contributed by atoms with van der Waals surface area (Å²) < 4.78 is 5.30. The van der Waals surface area contributed by atoms with Crippen molar-refractivity contribution < 1.29 is 9.52 Å². The molecule has 0 aliphatic rings. The van der Waals surface area contributed by atoms with Gasteiger partial charge in [-0.3, -0.25) is 0 Å². The molecule has 1 aromatic heterocycles. The van der Waals surface area contributed by atoms with E-state index >= 15 is 0 Å². The fourth-order valence-corrected chi connectivity index (χ4v) is 2.65. The van der Waals surface area contributed by atoms with Crippen molar-refractivity contribution in [1.29, 1.82) is 0 Å². The smallest absolute Gasteiger partial charge is 0.344 e. The number of phenols is 1. The van der Waals surface area contributed by atoms with Gasteiger partial charge in [0.2, 0.25) is 0 Å². The molecule has 1 heterocycles. The Morgan fingerprint density at radius 1 is 1.16 bits per heavy atom. The van der Waals surface area contributed by atoms with Gasteiger partial charge in [0.1, 0.15) is 10.8 Å². The summed E-state index contributed by atoms with van der Waals surface area (Å²) in [5, 5.41) is 11.9. The van der Waals surface area contributed by atoms with E-state index in [1.807, 2.05) is 32.0 Å². The van der Waals surface area contributed by atoms with Crippen LogP contribution in [0.15, 0.2) is 33.5 Å². The van der Waals surface area contributed by atoms with Crippen molar-refractivity contribution in [1.82, 2.24) is 0 Å².